The van der Waals surface area contributed by atoms with Crippen LogP contribution >= 0.6 is 0 Å². The quantitative estimate of drug-likeness (QED) is 0.659. The van der Waals surface area contributed by atoms with Gasteiger partial charge in [0.15, 0.2) is 5.76 Å². The second-order valence-corrected chi connectivity index (χ2v) is 5.95. The highest BCUT2D eigenvalue weighted by Gasteiger charge is 2.17. The molecule has 1 heterocycles. The summed E-state index contributed by atoms with van der Waals surface area (Å²) in [6.07, 6.45) is 0. The highest BCUT2D eigenvalue weighted by molar-refractivity contribution is 5.91. The summed E-state index contributed by atoms with van der Waals surface area (Å²) < 4.78 is 24.4. The summed E-state index contributed by atoms with van der Waals surface area (Å²) in [5.41, 5.74) is 1.12. The number of amides is 1. The molecule has 1 amide bonds. The molecule has 0 radical (unpaired) electrons. The van der Waals surface area contributed by atoms with E-state index in [1.54, 1.807) is 55.6 Å². The largest absolute Gasteiger partial charge is 0.484 e. The van der Waals surface area contributed by atoms with Crippen molar-refractivity contribution in [3.05, 3.63) is 89.1 Å². The molecule has 0 aliphatic rings. The minimum Gasteiger partial charge on any atom is -0.484 e. The van der Waals surface area contributed by atoms with Crippen LogP contribution in [-0.4, -0.2) is 17.9 Å². The average molecular weight is 364 g/mol. The average Bonchev–Trinajstić information content (AvgIpc) is 3.15. The monoisotopic (exact) mass is 364 g/mol. The molecular formula is C21H17FN2O3. The van der Waals surface area contributed by atoms with Crippen molar-refractivity contribution in [1.29, 1.82) is 5.26 Å². The number of nitriles is 1. The zero-order chi connectivity index (χ0) is 19.2. The van der Waals surface area contributed by atoms with Crippen LogP contribution in [0.4, 0.5) is 4.39 Å². The number of carbonyl (C=O) groups is 1. The summed E-state index contributed by atoms with van der Waals surface area (Å²) in [4.78, 5) is 13.9. The maximum Gasteiger partial charge on any atom is 0.289 e. The third kappa shape index (κ3) is 4.53. The molecule has 0 saturated carbocycles. The molecule has 0 bridgehead atoms. The number of benzene rings is 2. The van der Waals surface area contributed by atoms with Gasteiger partial charge in [0, 0.05) is 13.6 Å². The minimum absolute atomic E-state index is 0.0968. The van der Waals surface area contributed by atoms with Crippen LogP contribution in [0.25, 0.3) is 0 Å². The summed E-state index contributed by atoms with van der Waals surface area (Å²) in [5.74, 6) is 0.421. The van der Waals surface area contributed by atoms with Crippen molar-refractivity contribution in [3.8, 4) is 11.8 Å². The standard InChI is InChI=1S/C21H17FN2O3/c1-24(13-15-5-4-7-17(22)11-15)21(25)20-10-9-18(27-20)14-26-19-8-3-2-6-16(19)12-23/h2-11H,13-14H2,1H3. The predicted molar refractivity (Wildman–Crippen MR) is 96.4 cm³/mol. The van der Waals surface area contributed by atoms with Crippen LogP contribution in [0, 0.1) is 17.1 Å². The molecule has 0 aliphatic carbocycles. The van der Waals surface area contributed by atoms with Crippen LogP contribution in [0.5, 0.6) is 5.75 Å². The van der Waals surface area contributed by atoms with Crippen molar-refractivity contribution < 1.29 is 18.3 Å². The van der Waals surface area contributed by atoms with Gasteiger partial charge in [-0.05, 0) is 42.0 Å². The van der Waals surface area contributed by atoms with Gasteiger partial charge >= 0.3 is 0 Å². The fourth-order valence-corrected chi connectivity index (χ4v) is 2.57. The number of nitrogens with zero attached hydrogens (tertiary/aromatic N) is 2. The first-order valence-electron chi connectivity index (χ1n) is 8.27. The van der Waals surface area contributed by atoms with Crippen LogP contribution in [0.15, 0.2) is 65.1 Å². The molecule has 27 heavy (non-hydrogen) atoms. The van der Waals surface area contributed by atoms with Crippen LogP contribution in [0.1, 0.15) is 27.4 Å². The van der Waals surface area contributed by atoms with Gasteiger partial charge in [0.05, 0.1) is 5.56 Å². The molecule has 136 valence electrons. The van der Waals surface area contributed by atoms with Gasteiger partial charge in [-0.15, -0.1) is 0 Å². The van der Waals surface area contributed by atoms with Crippen molar-refractivity contribution in [2.45, 2.75) is 13.2 Å². The molecule has 0 unspecified atom stereocenters. The highest BCUT2D eigenvalue weighted by Crippen LogP contribution is 2.19. The molecule has 0 saturated heterocycles. The van der Waals surface area contributed by atoms with Gasteiger partial charge in [-0.1, -0.05) is 24.3 Å². The van der Waals surface area contributed by atoms with E-state index in [0.717, 1.165) is 0 Å². The summed E-state index contributed by atoms with van der Waals surface area (Å²) in [6, 6.07) is 18.3. The van der Waals surface area contributed by atoms with Crippen molar-refractivity contribution in [2.24, 2.45) is 0 Å². The molecule has 5 nitrogen and oxygen atoms in total. The second-order valence-electron chi connectivity index (χ2n) is 5.95. The number of para-hydroxylation sites is 1. The molecule has 2 aromatic carbocycles. The Morgan fingerprint density at radius 2 is 2.00 bits per heavy atom. The van der Waals surface area contributed by atoms with E-state index in [-0.39, 0.29) is 30.6 Å². The molecule has 0 fully saturated rings. The molecule has 0 aliphatic heterocycles. The summed E-state index contributed by atoms with van der Waals surface area (Å²) in [6.45, 7) is 0.359. The molecule has 1 aromatic heterocycles. The van der Waals surface area contributed by atoms with E-state index in [9.17, 15) is 9.18 Å². The Morgan fingerprint density at radius 1 is 1.19 bits per heavy atom. The molecule has 0 atom stereocenters. The van der Waals surface area contributed by atoms with Crippen molar-refractivity contribution in [3.63, 3.8) is 0 Å². The van der Waals surface area contributed by atoms with Crippen molar-refractivity contribution >= 4 is 5.91 Å². The predicted octanol–water partition coefficient (Wildman–Crippen LogP) is 4.14. The van der Waals surface area contributed by atoms with Crippen LogP contribution < -0.4 is 4.74 Å². The van der Waals surface area contributed by atoms with Crippen molar-refractivity contribution in [2.75, 3.05) is 7.05 Å². The van der Waals surface area contributed by atoms with Crippen LogP contribution in [0.3, 0.4) is 0 Å². The fraction of sp³-hybridized carbons (Fsp3) is 0.143. The number of furan rings is 1. The van der Waals surface area contributed by atoms with Crippen LogP contribution in [-0.2, 0) is 13.2 Å². The highest BCUT2D eigenvalue weighted by atomic mass is 19.1. The Hall–Kier alpha value is -3.59. The van der Waals surface area contributed by atoms with E-state index in [1.807, 2.05) is 0 Å². The summed E-state index contributed by atoms with van der Waals surface area (Å²) in [7, 11) is 1.62. The van der Waals surface area contributed by atoms with E-state index in [4.69, 9.17) is 14.4 Å². The Bertz CT molecular complexity index is 991. The number of hydrogen-bond acceptors (Lipinski definition) is 4. The Kier molecular flexibility index (Phi) is 5.53. The van der Waals surface area contributed by atoms with Crippen LogP contribution in [0.2, 0.25) is 0 Å². The maximum atomic E-state index is 13.3. The maximum absolute atomic E-state index is 13.3. The first-order chi connectivity index (χ1) is 13.1. The Morgan fingerprint density at radius 3 is 2.78 bits per heavy atom. The third-order valence-electron chi connectivity index (χ3n) is 3.91. The van der Waals surface area contributed by atoms with E-state index in [1.165, 1.54) is 17.0 Å². The van der Waals surface area contributed by atoms with Gasteiger partial charge < -0.3 is 14.1 Å². The molecule has 6 heteroatoms. The number of hydrogen-bond donors (Lipinski definition) is 0. The second kappa shape index (κ2) is 8.19. The fourth-order valence-electron chi connectivity index (χ4n) is 2.57. The SMILES string of the molecule is CN(Cc1cccc(F)c1)C(=O)c1ccc(COc2ccccc2C#N)o1. The number of rotatable bonds is 6. The lowest BCUT2D eigenvalue weighted by Crippen LogP contribution is -2.25. The van der Waals surface area contributed by atoms with Crippen molar-refractivity contribution in [1.82, 2.24) is 4.90 Å². The number of ether oxygens (including phenoxy) is 1. The summed E-state index contributed by atoms with van der Waals surface area (Å²) >= 11 is 0. The van der Waals surface area contributed by atoms with Gasteiger partial charge in [-0.3, -0.25) is 4.79 Å². The van der Waals surface area contributed by atoms with E-state index >= 15 is 0 Å². The van der Waals surface area contributed by atoms with Gasteiger partial charge in [-0.2, -0.15) is 5.26 Å². The topological polar surface area (TPSA) is 66.5 Å². The molecular weight excluding hydrogens is 347 g/mol. The van der Waals surface area contributed by atoms with Gasteiger partial charge in [-0.25, -0.2) is 4.39 Å². The Labute approximate surface area is 156 Å². The lowest BCUT2D eigenvalue weighted by atomic mass is 10.2. The zero-order valence-electron chi connectivity index (χ0n) is 14.7. The number of carbonyl (C=O) groups excluding carboxylic acids is 1. The minimum atomic E-state index is -0.344. The van der Waals surface area contributed by atoms with Gasteiger partial charge in [0.25, 0.3) is 5.91 Å². The van der Waals surface area contributed by atoms with E-state index in [0.29, 0.717) is 22.6 Å². The van der Waals surface area contributed by atoms with E-state index < -0.39 is 0 Å². The Balaban J connectivity index is 1.62. The van der Waals surface area contributed by atoms with Gasteiger partial charge in [0.1, 0.15) is 30.0 Å². The lowest BCUT2D eigenvalue weighted by Gasteiger charge is -2.15. The van der Waals surface area contributed by atoms with Gasteiger partial charge in [0.2, 0.25) is 0 Å². The summed E-state index contributed by atoms with van der Waals surface area (Å²) in [5, 5.41) is 9.06. The third-order valence-corrected chi connectivity index (χ3v) is 3.91. The molecule has 0 N–H and O–H groups in total. The lowest BCUT2D eigenvalue weighted by molar-refractivity contribution is 0.0749. The molecule has 3 aromatic rings. The molecule has 0 spiro atoms. The zero-order valence-corrected chi connectivity index (χ0v) is 14.7. The first-order valence-corrected chi connectivity index (χ1v) is 8.27. The molecule has 3 rings (SSSR count). The van der Waals surface area contributed by atoms with E-state index in [2.05, 4.69) is 6.07 Å². The number of halogens is 1. The first kappa shape index (κ1) is 18.2. The normalized spacial score (nSPS) is 10.3. The smallest absolute Gasteiger partial charge is 0.289 e.